The Morgan fingerprint density at radius 2 is 1.97 bits per heavy atom. The standard InChI is InChI=1S/C27H30F4N4O3S/c1-3-39(36,37)19-9-10-24(26(15-19)38-2)33-12-5-6-18-14-20-22(34-23-11-13-32-16-21(23)28)7-4-8-25(20)35(18)17-27(29,30)31/h4,7-10,14-15,21,23,32-34H,3,11-13,16-17H2,1-2H3/t21-,23+/m0/s1. The van der Waals surface area contributed by atoms with E-state index in [0.717, 1.165) is 4.57 Å². The average Bonchev–Trinajstić information content (AvgIpc) is 3.24. The number of halogens is 4. The van der Waals surface area contributed by atoms with E-state index >= 15 is 0 Å². The largest absolute Gasteiger partial charge is 0.495 e. The highest BCUT2D eigenvalue weighted by molar-refractivity contribution is 7.91. The van der Waals surface area contributed by atoms with Gasteiger partial charge in [-0.1, -0.05) is 18.9 Å². The Hall–Kier alpha value is -3.43. The Bertz CT molecular complexity index is 1490. The molecule has 0 unspecified atom stereocenters. The van der Waals surface area contributed by atoms with Crippen molar-refractivity contribution in [2.75, 3.05) is 43.1 Å². The van der Waals surface area contributed by atoms with Crippen LogP contribution in [0.25, 0.3) is 10.9 Å². The molecular weight excluding hydrogens is 536 g/mol. The van der Waals surface area contributed by atoms with Gasteiger partial charge in [0.2, 0.25) is 0 Å². The van der Waals surface area contributed by atoms with E-state index in [4.69, 9.17) is 4.74 Å². The number of alkyl halides is 4. The summed E-state index contributed by atoms with van der Waals surface area (Å²) in [5.74, 6) is 5.91. The Kier molecular flexibility index (Phi) is 8.61. The molecule has 2 atom stereocenters. The number of hydrogen-bond acceptors (Lipinski definition) is 6. The minimum Gasteiger partial charge on any atom is -0.495 e. The molecule has 3 N–H and O–H groups in total. The Balaban J connectivity index is 1.60. The molecule has 0 amide bonds. The van der Waals surface area contributed by atoms with Gasteiger partial charge in [-0.05, 0) is 49.2 Å². The summed E-state index contributed by atoms with van der Waals surface area (Å²) in [6.45, 7) is 1.25. The van der Waals surface area contributed by atoms with Crippen LogP contribution < -0.4 is 20.7 Å². The zero-order valence-electron chi connectivity index (χ0n) is 21.5. The Labute approximate surface area is 224 Å². The highest BCUT2D eigenvalue weighted by atomic mass is 32.2. The fraction of sp³-hybridized carbons (Fsp3) is 0.407. The molecule has 1 aromatic heterocycles. The summed E-state index contributed by atoms with van der Waals surface area (Å²) in [5, 5.41) is 9.70. The van der Waals surface area contributed by atoms with Crippen LogP contribution in [0.1, 0.15) is 19.0 Å². The zero-order valence-corrected chi connectivity index (χ0v) is 22.3. The third-order valence-electron chi connectivity index (χ3n) is 6.53. The van der Waals surface area contributed by atoms with Gasteiger partial charge >= 0.3 is 6.18 Å². The van der Waals surface area contributed by atoms with Crippen molar-refractivity contribution in [1.82, 2.24) is 9.88 Å². The lowest BCUT2D eigenvalue weighted by Crippen LogP contribution is -2.45. The SMILES string of the molecule is CCS(=O)(=O)c1ccc(NCC#Cc2cc3c(N[C@@H]4CCNC[C@@H]4F)cccc3n2CC(F)(F)F)c(OC)c1. The first-order chi connectivity index (χ1) is 18.5. The maximum atomic E-state index is 14.4. The normalized spacial score (nSPS) is 17.9. The number of piperidine rings is 1. The number of methoxy groups -OCH3 is 1. The molecule has 39 heavy (non-hydrogen) atoms. The van der Waals surface area contributed by atoms with Crippen LogP contribution in [-0.2, 0) is 16.4 Å². The lowest BCUT2D eigenvalue weighted by Gasteiger charge is -2.28. The predicted octanol–water partition coefficient (Wildman–Crippen LogP) is 4.58. The molecule has 12 heteroatoms. The van der Waals surface area contributed by atoms with E-state index in [2.05, 4.69) is 27.8 Å². The van der Waals surface area contributed by atoms with Crippen molar-refractivity contribution in [2.45, 2.75) is 43.2 Å². The average molecular weight is 567 g/mol. The summed E-state index contributed by atoms with van der Waals surface area (Å²) in [6, 6.07) is 10.5. The maximum absolute atomic E-state index is 14.4. The number of fused-ring (bicyclic) bond motifs is 1. The van der Waals surface area contributed by atoms with Gasteiger partial charge < -0.3 is 25.3 Å². The number of aromatic nitrogens is 1. The summed E-state index contributed by atoms with van der Waals surface area (Å²) in [4.78, 5) is 0.128. The van der Waals surface area contributed by atoms with Crippen LogP contribution in [0.4, 0.5) is 28.9 Å². The Morgan fingerprint density at radius 3 is 2.67 bits per heavy atom. The number of nitrogens with one attached hydrogen (secondary N) is 3. The quantitative estimate of drug-likeness (QED) is 0.274. The summed E-state index contributed by atoms with van der Waals surface area (Å²) >= 11 is 0. The molecule has 4 rings (SSSR count). The molecule has 1 aliphatic rings. The molecule has 1 fully saturated rings. The monoisotopic (exact) mass is 566 g/mol. The second-order valence-corrected chi connectivity index (χ2v) is 11.4. The van der Waals surface area contributed by atoms with E-state index in [9.17, 15) is 26.0 Å². The molecule has 1 saturated heterocycles. The summed E-state index contributed by atoms with van der Waals surface area (Å²) < 4.78 is 85.5. The van der Waals surface area contributed by atoms with Crippen LogP contribution in [0, 0.1) is 11.8 Å². The minimum absolute atomic E-state index is 0.0518. The number of nitrogens with zero attached hydrogens (tertiary/aromatic N) is 1. The van der Waals surface area contributed by atoms with Crippen LogP contribution >= 0.6 is 0 Å². The van der Waals surface area contributed by atoms with E-state index in [-0.39, 0.29) is 29.4 Å². The Morgan fingerprint density at radius 1 is 1.18 bits per heavy atom. The van der Waals surface area contributed by atoms with Gasteiger partial charge in [-0.15, -0.1) is 0 Å². The van der Waals surface area contributed by atoms with Gasteiger partial charge in [-0.25, -0.2) is 12.8 Å². The molecule has 2 heterocycles. The van der Waals surface area contributed by atoms with E-state index in [1.54, 1.807) is 37.3 Å². The predicted molar refractivity (Wildman–Crippen MR) is 144 cm³/mol. The fourth-order valence-electron chi connectivity index (χ4n) is 4.50. The number of benzene rings is 2. The van der Waals surface area contributed by atoms with Crippen molar-refractivity contribution in [3.63, 3.8) is 0 Å². The first kappa shape index (κ1) is 28.6. The van der Waals surface area contributed by atoms with E-state index in [1.165, 1.54) is 19.2 Å². The third-order valence-corrected chi connectivity index (χ3v) is 8.26. The second kappa shape index (κ2) is 11.8. The van der Waals surface area contributed by atoms with Crippen LogP contribution in [0.5, 0.6) is 5.75 Å². The molecule has 3 aromatic rings. The van der Waals surface area contributed by atoms with Crippen molar-refractivity contribution in [3.8, 4) is 17.6 Å². The first-order valence-electron chi connectivity index (χ1n) is 12.5. The topological polar surface area (TPSA) is 84.4 Å². The smallest absolute Gasteiger partial charge is 0.406 e. The van der Waals surface area contributed by atoms with Gasteiger partial charge in [0.15, 0.2) is 9.84 Å². The molecule has 0 saturated carbocycles. The molecule has 1 aliphatic heterocycles. The van der Waals surface area contributed by atoms with Gasteiger partial charge in [0, 0.05) is 23.7 Å². The van der Waals surface area contributed by atoms with Crippen LogP contribution in [0.3, 0.4) is 0 Å². The molecular formula is C27H30F4N4O3S. The molecule has 0 spiro atoms. The van der Waals surface area contributed by atoms with Crippen molar-refractivity contribution in [2.24, 2.45) is 0 Å². The highest BCUT2D eigenvalue weighted by Gasteiger charge is 2.30. The van der Waals surface area contributed by atoms with Crippen molar-refractivity contribution < 1.29 is 30.7 Å². The highest BCUT2D eigenvalue weighted by Crippen LogP contribution is 2.31. The maximum Gasteiger partial charge on any atom is 0.406 e. The summed E-state index contributed by atoms with van der Waals surface area (Å²) in [7, 11) is -2.01. The number of hydrogen-bond donors (Lipinski definition) is 3. The number of rotatable bonds is 8. The van der Waals surface area contributed by atoms with Crippen LogP contribution in [0.2, 0.25) is 0 Å². The van der Waals surface area contributed by atoms with Crippen LogP contribution in [-0.4, -0.2) is 63.9 Å². The second-order valence-electron chi connectivity index (χ2n) is 9.15. The minimum atomic E-state index is -4.48. The number of anilines is 2. The van der Waals surface area contributed by atoms with Crippen molar-refractivity contribution >= 4 is 32.1 Å². The van der Waals surface area contributed by atoms with Crippen molar-refractivity contribution in [3.05, 3.63) is 48.2 Å². The first-order valence-corrected chi connectivity index (χ1v) is 14.1. The summed E-state index contributed by atoms with van der Waals surface area (Å²) in [5.41, 5.74) is 1.55. The van der Waals surface area contributed by atoms with Gasteiger partial charge in [0.05, 0.1) is 47.2 Å². The van der Waals surface area contributed by atoms with Gasteiger partial charge in [-0.3, -0.25) is 0 Å². The zero-order chi connectivity index (χ0) is 28.2. The lowest BCUT2D eigenvalue weighted by molar-refractivity contribution is -0.140. The van der Waals surface area contributed by atoms with E-state index in [1.807, 2.05) is 0 Å². The molecule has 210 valence electrons. The molecule has 2 aromatic carbocycles. The molecule has 0 aliphatic carbocycles. The van der Waals surface area contributed by atoms with Crippen LogP contribution in [0.15, 0.2) is 47.4 Å². The van der Waals surface area contributed by atoms with Gasteiger partial charge in [0.25, 0.3) is 0 Å². The lowest BCUT2D eigenvalue weighted by atomic mass is 10.0. The summed E-state index contributed by atoms with van der Waals surface area (Å²) in [6.07, 6.45) is -5.05. The van der Waals surface area contributed by atoms with Gasteiger partial charge in [0.1, 0.15) is 18.5 Å². The molecule has 7 nitrogen and oxygen atoms in total. The number of ether oxygens (including phenoxy) is 1. The fourth-order valence-corrected chi connectivity index (χ4v) is 5.39. The van der Waals surface area contributed by atoms with Crippen molar-refractivity contribution in [1.29, 1.82) is 0 Å². The molecule has 0 radical (unpaired) electrons. The third kappa shape index (κ3) is 6.78. The van der Waals surface area contributed by atoms with E-state index < -0.39 is 34.8 Å². The molecule has 0 bridgehead atoms. The number of sulfone groups is 1. The van der Waals surface area contributed by atoms with Gasteiger partial charge in [-0.2, -0.15) is 13.2 Å². The van der Waals surface area contributed by atoms with E-state index in [0.29, 0.717) is 41.0 Å².